The Hall–Kier alpha value is -1.62. The van der Waals surface area contributed by atoms with E-state index < -0.39 is 11.7 Å². The lowest BCUT2D eigenvalue weighted by atomic mass is 10.0. The largest absolute Gasteiger partial charge is 0.416 e. The Morgan fingerprint density at radius 3 is 2.16 bits per heavy atom. The Morgan fingerprint density at radius 1 is 1.00 bits per heavy atom. The molecular weight excluding hydrogens is 273 g/mol. The van der Waals surface area contributed by atoms with Crippen molar-refractivity contribution in [2.24, 2.45) is 0 Å². The van der Waals surface area contributed by atoms with E-state index >= 15 is 0 Å². The summed E-state index contributed by atoms with van der Waals surface area (Å²) in [4.78, 5) is 11.7. The Bertz CT molecular complexity index is 541. The summed E-state index contributed by atoms with van der Waals surface area (Å²) in [5.41, 5.74) is 0.858. The van der Waals surface area contributed by atoms with Crippen molar-refractivity contribution in [2.75, 3.05) is 0 Å². The third kappa shape index (κ3) is 3.92. The summed E-state index contributed by atoms with van der Waals surface area (Å²) in [5, 5.41) is 3.78. The molecule has 0 radical (unpaired) electrons. The van der Waals surface area contributed by atoms with Crippen LogP contribution < -0.4 is 0 Å². The number of ketones is 1. The van der Waals surface area contributed by atoms with Gasteiger partial charge in [-0.05, 0) is 40.1 Å². The minimum absolute atomic E-state index is 0.00170. The van der Waals surface area contributed by atoms with Gasteiger partial charge >= 0.3 is 6.18 Å². The topological polar surface area (TPSA) is 17.1 Å². The summed E-state index contributed by atoms with van der Waals surface area (Å²) < 4.78 is 37.1. The van der Waals surface area contributed by atoms with E-state index in [9.17, 15) is 18.0 Å². The summed E-state index contributed by atoms with van der Waals surface area (Å²) in [6.07, 6.45) is -3.85. The zero-order valence-corrected chi connectivity index (χ0v) is 10.7. The van der Waals surface area contributed by atoms with Gasteiger partial charge < -0.3 is 0 Å². The van der Waals surface area contributed by atoms with Crippen molar-refractivity contribution in [3.8, 4) is 0 Å². The first-order chi connectivity index (χ1) is 8.95. The molecule has 0 unspecified atom stereocenters. The number of alkyl halides is 3. The number of Topliss-reactive ketones (excluding diaryl/α,β-unsaturated/α-hetero) is 1. The molecule has 0 fully saturated rings. The first-order valence-electron chi connectivity index (χ1n) is 5.64. The number of hydrogen-bond acceptors (Lipinski definition) is 2. The molecule has 100 valence electrons. The highest BCUT2D eigenvalue weighted by molar-refractivity contribution is 7.07. The fourth-order valence-electron chi connectivity index (χ4n) is 1.72. The number of halogens is 3. The maximum Gasteiger partial charge on any atom is 0.416 e. The highest BCUT2D eigenvalue weighted by Gasteiger charge is 2.29. The molecule has 0 atom stereocenters. The van der Waals surface area contributed by atoms with E-state index in [0.29, 0.717) is 12.0 Å². The van der Waals surface area contributed by atoms with Gasteiger partial charge in [0.05, 0.1) is 5.56 Å². The number of thiophene rings is 1. The van der Waals surface area contributed by atoms with Crippen molar-refractivity contribution < 1.29 is 18.0 Å². The molecule has 2 rings (SSSR count). The average molecular weight is 284 g/mol. The predicted molar refractivity (Wildman–Crippen MR) is 68.2 cm³/mol. The number of benzene rings is 1. The molecule has 0 spiro atoms. The van der Waals surface area contributed by atoms with Crippen LogP contribution in [0.5, 0.6) is 0 Å². The summed E-state index contributed by atoms with van der Waals surface area (Å²) in [7, 11) is 0. The van der Waals surface area contributed by atoms with Crippen molar-refractivity contribution in [1.29, 1.82) is 0 Å². The summed E-state index contributed by atoms with van der Waals surface area (Å²) in [6.45, 7) is 0. The zero-order valence-electron chi connectivity index (χ0n) is 9.91. The van der Waals surface area contributed by atoms with Gasteiger partial charge in [0.1, 0.15) is 5.78 Å². The number of carbonyl (C=O) groups is 1. The molecule has 0 aliphatic heterocycles. The van der Waals surface area contributed by atoms with Gasteiger partial charge in [0.2, 0.25) is 0 Å². The van der Waals surface area contributed by atoms with Crippen molar-refractivity contribution in [1.82, 2.24) is 0 Å². The fraction of sp³-hybridized carbons (Fsp3) is 0.214. The molecule has 0 aliphatic rings. The van der Waals surface area contributed by atoms with Crippen molar-refractivity contribution in [2.45, 2.75) is 19.0 Å². The van der Waals surface area contributed by atoms with E-state index in [4.69, 9.17) is 0 Å². The molecule has 0 amide bonds. The molecule has 2 aromatic rings. The van der Waals surface area contributed by atoms with Crippen molar-refractivity contribution >= 4 is 17.1 Å². The summed E-state index contributed by atoms with van der Waals surface area (Å²) >= 11 is 1.52. The van der Waals surface area contributed by atoms with Gasteiger partial charge in [0.25, 0.3) is 0 Å². The Morgan fingerprint density at radius 2 is 1.63 bits per heavy atom. The Balaban J connectivity index is 1.98. The van der Waals surface area contributed by atoms with Crippen LogP contribution in [0.25, 0.3) is 0 Å². The van der Waals surface area contributed by atoms with Gasteiger partial charge in [0, 0.05) is 12.8 Å². The molecule has 1 aromatic heterocycles. The SMILES string of the molecule is O=C(Cc1ccc(C(F)(F)F)cc1)Cc1ccsc1. The van der Waals surface area contributed by atoms with Gasteiger partial charge in [-0.3, -0.25) is 4.79 Å². The Labute approximate surface area is 112 Å². The molecule has 1 aromatic carbocycles. The van der Waals surface area contributed by atoms with Crippen LogP contribution in [0.15, 0.2) is 41.1 Å². The van der Waals surface area contributed by atoms with E-state index in [2.05, 4.69) is 0 Å². The molecule has 1 heterocycles. The lowest BCUT2D eigenvalue weighted by Gasteiger charge is -2.07. The number of hydrogen-bond donors (Lipinski definition) is 0. The smallest absolute Gasteiger partial charge is 0.299 e. The first-order valence-corrected chi connectivity index (χ1v) is 6.58. The van der Waals surface area contributed by atoms with Crippen LogP contribution in [0, 0.1) is 0 Å². The minimum atomic E-state index is -4.33. The number of rotatable bonds is 4. The predicted octanol–water partition coefficient (Wildman–Crippen LogP) is 4.12. The third-order valence-electron chi connectivity index (χ3n) is 2.66. The standard InChI is InChI=1S/C14H11F3OS/c15-14(16,17)12-3-1-10(2-4-12)7-13(18)8-11-5-6-19-9-11/h1-6,9H,7-8H2. The highest BCUT2D eigenvalue weighted by Crippen LogP contribution is 2.29. The molecule has 5 heteroatoms. The molecule has 19 heavy (non-hydrogen) atoms. The van der Waals surface area contributed by atoms with E-state index in [1.54, 1.807) is 0 Å². The molecule has 0 bridgehead atoms. The minimum Gasteiger partial charge on any atom is -0.299 e. The van der Waals surface area contributed by atoms with Crippen LogP contribution >= 0.6 is 11.3 Å². The second-order valence-electron chi connectivity index (χ2n) is 4.22. The molecule has 1 nitrogen and oxygen atoms in total. The van der Waals surface area contributed by atoms with E-state index in [0.717, 1.165) is 17.7 Å². The zero-order chi connectivity index (χ0) is 13.9. The van der Waals surface area contributed by atoms with Crippen LogP contribution in [-0.4, -0.2) is 5.78 Å². The van der Waals surface area contributed by atoms with Gasteiger partial charge in [-0.15, -0.1) is 0 Å². The lowest BCUT2D eigenvalue weighted by Crippen LogP contribution is -2.07. The highest BCUT2D eigenvalue weighted by atomic mass is 32.1. The van der Waals surface area contributed by atoms with E-state index in [1.165, 1.54) is 23.5 Å². The van der Waals surface area contributed by atoms with Gasteiger partial charge in [-0.1, -0.05) is 12.1 Å². The second-order valence-corrected chi connectivity index (χ2v) is 5.00. The summed E-state index contributed by atoms with van der Waals surface area (Å²) in [6, 6.07) is 6.60. The quantitative estimate of drug-likeness (QED) is 0.825. The molecule has 0 saturated carbocycles. The second kappa shape index (κ2) is 5.57. The van der Waals surface area contributed by atoms with Crippen LogP contribution in [0.2, 0.25) is 0 Å². The molecule has 0 saturated heterocycles. The monoisotopic (exact) mass is 284 g/mol. The lowest BCUT2D eigenvalue weighted by molar-refractivity contribution is -0.137. The van der Waals surface area contributed by atoms with Crippen LogP contribution in [0.1, 0.15) is 16.7 Å². The van der Waals surface area contributed by atoms with Gasteiger partial charge in [0.15, 0.2) is 0 Å². The van der Waals surface area contributed by atoms with Crippen molar-refractivity contribution in [3.05, 3.63) is 57.8 Å². The summed E-state index contributed by atoms with van der Waals surface area (Å²) in [5.74, 6) is -0.00170. The molecule has 0 N–H and O–H groups in total. The van der Waals surface area contributed by atoms with Crippen LogP contribution in [-0.2, 0) is 23.8 Å². The van der Waals surface area contributed by atoms with Gasteiger partial charge in [-0.2, -0.15) is 24.5 Å². The molecule has 0 aliphatic carbocycles. The third-order valence-corrected chi connectivity index (χ3v) is 3.40. The van der Waals surface area contributed by atoms with E-state index in [-0.39, 0.29) is 12.2 Å². The van der Waals surface area contributed by atoms with Crippen LogP contribution in [0.4, 0.5) is 13.2 Å². The maximum atomic E-state index is 12.4. The fourth-order valence-corrected chi connectivity index (χ4v) is 2.39. The average Bonchev–Trinajstić information content (AvgIpc) is 2.81. The molecular formula is C14H11F3OS. The van der Waals surface area contributed by atoms with Crippen molar-refractivity contribution in [3.63, 3.8) is 0 Å². The number of carbonyl (C=O) groups excluding carboxylic acids is 1. The first kappa shape index (κ1) is 13.8. The van der Waals surface area contributed by atoms with Gasteiger partial charge in [-0.25, -0.2) is 0 Å². The Kier molecular flexibility index (Phi) is 4.04. The maximum absolute atomic E-state index is 12.4. The van der Waals surface area contributed by atoms with E-state index in [1.807, 2.05) is 16.8 Å². The van der Waals surface area contributed by atoms with Crippen LogP contribution in [0.3, 0.4) is 0 Å². The normalized spacial score (nSPS) is 11.5.